The molecule has 4 nitrogen and oxygen atoms in total. The number of carboxylic acid groups (broad SMARTS) is 1. The molecular weight excluding hydrogens is 295 g/mol. The van der Waals surface area contributed by atoms with Gasteiger partial charge in [0.25, 0.3) is 0 Å². The molecule has 94 valence electrons. The molecular formula is C11H12BrFO4. The van der Waals surface area contributed by atoms with E-state index in [0.29, 0.717) is 12.0 Å². The SMILES string of the molecule is O=C(O)C(OCCCO)c1ccc(F)c(Br)c1. The van der Waals surface area contributed by atoms with Crippen molar-refractivity contribution in [1.82, 2.24) is 0 Å². The largest absolute Gasteiger partial charge is 0.479 e. The van der Waals surface area contributed by atoms with Gasteiger partial charge in [0.05, 0.1) is 11.1 Å². The maximum absolute atomic E-state index is 13.0. The Labute approximate surface area is 106 Å². The fourth-order valence-electron chi connectivity index (χ4n) is 1.25. The van der Waals surface area contributed by atoms with Crippen molar-refractivity contribution in [3.8, 4) is 0 Å². The molecule has 0 amide bonds. The highest BCUT2D eigenvalue weighted by molar-refractivity contribution is 9.10. The molecule has 0 spiro atoms. The molecule has 0 fully saturated rings. The number of aliphatic carboxylic acids is 1. The van der Waals surface area contributed by atoms with Crippen LogP contribution in [0.2, 0.25) is 0 Å². The van der Waals surface area contributed by atoms with Crippen LogP contribution in [0.5, 0.6) is 0 Å². The highest BCUT2D eigenvalue weighted by Gasteiger charge is 2.21. The molecule has 1 aromatic carbocycles. The summed E-state index contributed by atoms with van der Waals surface area (Å²) in [6, 6.07) is 3.90. The van der Waals surface area contributed by atoms with Crippen LogP contribution >= 0.6 is 15.9 Å². The highest BCUT2D eigenvalue weighted by Crippen LogP contribution is 2.24. The summed E-state index contributed by atoms with van der Waals surface area (Å²) >= 11 is 2.98. The van der Waals surface area contributed by atoms with Crippen LogP contribution in [0.4, 0.5) is 4.39 Å². The van der Waals surface area contributed by atoms with Crippen LogP contribution < -0.4 is 0 Å². The lowest BCUT2D eigenvalue weighted by molar-refractivity contribution is -0.151. The van der Waals surface area contributed by atoms with Crippen molar-refractivity contribution in [2.75, 3.05) is 13.2 Å². The number of aliphatic hydroxyl groups excluding tert-OH is 1. The molecule has 1 rings (SSSR count). The summed E-state index contributed by atoms with van der Waals surface area (Å²) in [5, 5.41) is 17.6. The van der Waals surface area contributed by atoms with E-state index in [9.17, 15) is 9.18 Å². The highest BCUT2D eigenvalue weighted by atomic mass is 79.9. The summed E-state index contributed by atoms with van der Waals surface area (Å²) in [6.07, 6.45) is -0.801. The molecule has 0 heterocycles. The number of hydrogen-bond acceptors (Lipinski definition) is 3. The Hall–Kier alpha value is -0.980. The third kappa shape index (κ3) is 4.07. The minimum atomic E-state index is -1.15. The van der Waals surface area contributed by atoms with Crippen molar-refractivity contribution in [1.29, 1.82) is 0 Å². The molecule has 0 aliphatic carbocycles. The Balaban J connectivity index is 2.82. The van der Waals surface area contributed by atoms with Gasteiger partial charge in [-0.1, -0.05) is 6.07 Å². The van der Waals surface area contributed by atoms with Gasteiger partial charge in [0.1, 0.15) is 5.82 Å². The zero-order chi connectivity index (χ0) is 12.8. The van der Waals surface area contributed by atoms with Crippen molar-refractivity contribution >= 4 is 21.9 Å². The maximum Gasteiger partial charge on any atom is 0.337 e. The zero-order valence-corrected chi connectivity index (χ0v) is 10.5. The van der Waals surface area contributed by atoms with Gasteiger partial charge in [0.2, 0.25) is 0 Å². The summed E-state index contributed by atoms with van der Waals surface area (Å²) in [5.41, 5.74) is 0.351. The number of halogens is 2. The molecule has 0 bridgehead atoms. The number of rotatable bonds is 6. The average Bonchev–Trinajstić information content (AvgIpc) is 2.28. The van der Waals surface area contributed by atoms with Crippen LogP contribution in [0.3, 0.4) is 0 Å². The molecule has 1 aromatic rings. The van der Waals surface area contributed by atoms with Crippen molar-refractivity contribution in [3.63, 3.8) is 0 Å². The van der Waals surface area contributed by atoms with Crippen LogP contribution in [0.25, 0.3) is 0 Å². The maximum atomic E-state index is 13.0. The fourth-order valence-corrected chi connectivity index (χ4v) is 1.65. The second-order valence-electron chi connectivity index (χ2n) is 3.34. The minimum Gasteiger partial charge on any atom is -0.479 e. The van der Waals surface area contributed by atoms with Gasteiger partial charge in [-0.2, -0.15) is 0 Å². The molecule has 0 radical (unpaired) electrons. The van der Waals surface area contributed by atoms with E-state index in [2.05, 4.69) is 15.9 Å². The van der Waals surface area contributed by atoms with E-state index in [1.54, 1.807) is 0 Å². The average molecular weight is 307 g/mol. The molecule has 0 aliphatic heterocycles. The Morgan fingerprint density at radius 2 is 2.24 bits per heavy atom. The normalized spacial score (nSPS) is 12.4. The first kappa shape index (κ1) is 14.1. The Kier molecular flexibility index (Phi) is 5.54. The quantitative estimate of drug-likeness (QED) is 0.790. The summed E-state index contributed by atoms with van der Waals surface area (Å²) < 4.78 is 18.3. The van der Waals surface area contributed by atoms with E-state index in [0.717, 1.165) is 0 Å². The molecule has 0 saturated heterocycles. The van der Waals surface area contributed by atoms with Gasteiger partial charge in [0, 0.05) is 6.61 Å². The van der Waals surface area contributed by atoms with E-state index in [1.807, 2.05) is 0 Å². The van der Waals surface area contributed by atoms with Crippen LogP contribution in [0, 0.1) is 5.82 Å². The van der Waals surface area contributed by atoms with E-state index >= 15 is 0 Å². The first-order chi connectivity index (χ1) is 8.06. The van der Waals surface area contributed by atoms with Crippen molar-refractivity contribution in [3.05, 3.63) is 34.1 Å². The van der Waals surface area contributed by atoms with Crippen molar-refractivity contribution < 1.29 is 24.1 Å². The van der Waals surface area contributed by atoms with Gasteiger partial charge in [-0.05, 0) is 40.0 Å². The number of ether oxygens (including phenoxy) is 1. The third-order valence-electron chi connectivity index (χ3n) is 2.06. The second kappa shape index (κ2) is 6.68. The smallest absolute Gasteiger partial charge is 0.337 e. The Morgan fingerprint density at radius 3 is 2.76 bits per heavy atom. The zero-order valence-electron chi connectivity index (χ0n) is 8.90. The molecule has 0 aliphatic rings. The number of carbonyl (C=O) groups is 1. The van der Waals surface area contributed by atoms with Crippen molar-refractivity contribution in [2.24, 2.45) is 0 Å². The summed E-state index contributed by atoms with van der Waals surface area (Å²) in [7, 11) is 0. The molecule has 1 unspecified atom stereocenters. The standard InChI is InChI=1S/C11H12BrFO4/c12-8-6-7(2-3-9(8)13)10(11(15)16)17-5-1-4-14/h2-3,6,10,14H,1,4-5H2,(H,15,16). The van der Waals surface area contributed by atoms with Crippen LogP contribution in [0.1, 0.15) is 18.1 Å². The lowest BCUT2D eigenvalue weighted by Crippen LogP contribution is -2.16. The van der Waals surface area contributed by atoms with Gasteiger partial charge in [-0.3, -0.25) is 0 Å². The van der Waals surface area contributed by atoms with Crippen molar-refractivity contribution in [2.45, 2.75) is 12.5 Å². The predicted octanol–water partition coefficient (Wildman–Crippen LogP) is 2.11. The van der Waals surface area contributed by atoms with Crippen LogP contribution in [0.15, 0.2) is 22.7 Å². The number of carboxylic acids is 1. The van der Waals surface area contributed by atoms with E-state index in [-0.39, 0.29) is 17.7 Å². The monoisotopic (exact) mass is 306 g/mol. The topological polar surface area (TPSA) is 66.8 Å². The number of benzene rings is 1. The van der Waals surface area contributed by atoms with Crippen LogP contribution in [-0.4, -0.2) is 29.4 Å². The molecule has 17 heavy (non-hydrogen) atoms. The molecule has 1 atom stereocenters. The third-order valence-corrected chi connectivity index (χ3v) is 2.67. The number of aliphatic hydroxyl groups is 1. The van der Waals surface area contributed by atoms with E-state index in [4.69, 9.17) is 14.9 Å². The van der Waals surface area contributed by atoms with Gasteiger partial charge >= 0.3 is 5.97 Å². The minimum absolute atomic E-state index is 0.0700. The molecule has 2 N–H and O–H groups in total. The Morgan fingerprint density at radius 1 is 1.53 bits per heavy atom. The van der Waals surface area contributed by atoms with Crippen LogP contribution in [-0.2, 0) is 9.53 Å². The first-order valence-electron chi connectivity index (χ1n) is 4.96. The first-order valence-corrected chi connectivity index (χ1v) is 5.75. The lowest BCUT2D eigenvalue weighted by atomic mass is 10.1. The summed E-state index contributed by atoms with van der Waals surface area (Å²) in [5.74, 6) is -1.62. The summed E-state index contributed by atoms with van der Waals surface area (Å²) in [4.78, 5) is 11.0. The molecule has 0 saturated carbocycles. The lowest BCUT2D eigenvalue weighted by Gasteiger charge is -2.14. The number of hydrogen-bond donors (Lipinski definition) is 2. The Bertz CT molecular complexity index is 397. The van der Waals surface area contributed by atoms with E-state index < -0.39 is 17.9 Å². The molecule has 0 aromatic heterocycles. The van der Waals surface area contributed by atoms with Gasteiger partial charge < -0.3 is 14.9 Å². The fraction of sp³-hybridized carbons (Fsp3) is 0.364. The predicted molar refractivity (Wildman–Crippen MR) is 62.1 cm³/mol. The van der Waals surface area contributed by atoms with Gasteiger partial charge in [-0.25, -0.2) is 9.18 Å². The van der Waals surface area contributed by atoms with Gasteiger partial charge in [0.15, 0.2) is 6.10 Å². The van der Waals surface area contributed by atoms with E-state index in [1.165, 1.54) is 18.2 Å². The molecule has 6 heteroatoms. The van der Waals surface area contributed by atoms with Gasteiger partial charge in [-0.15, -0.1) is 0 Å². The summed E-state index contributed by atoms with van der Waals surface area (Å²) in [6.45, 7) is 0.0575. The second-order valence-corrected chi connectivity index (χ2v) is 4.19.